The minimum Gasteiger partial charge on any atom is -0.302 e. The van der Waals surface area contributed by atoms with Crippen LogP contribution in [0.5, 0.6) is 0 Å². The van der Waals surface area contributed by atoms with Crippen LogP contribution in [0.2, 0.25) is 0 Å². The highest BCUT2D eigenvalue weighted by atomic mass is 16.7. The van der Waals surface area contributed by atoms with Gasteiger partial charge in [-0.05, 0) is 12.8 Å². The van der Waals surface area contributed by atoms with E-state index in [0.29, 0.717) is 11.8 Å². The van der Waals surface area contributed by atoms with Gasteiger partial charge in [-0.2, -0.15) is 5.06 Å². The molecule has 0 radical (unpaired) electrons. The molecule has 1 aliphatic rings. The van der Waals surface area contributed by atoms with Crippen molar-refractivity contribution in [1.82, 2.24) is 5.06 Å². The molecule has 1 saturated carbocycles. The van der Waals surface area contributed by atoms with Crippen LogP contribution >= 0.6 is 0 Å². The van der Waals surface area contributed by atoms with Gasteiger partial charge in [-0.25, -0.2) is 0 Å². The molecule has 0 unspecified atom stereocenters. The molecule has 3 nitrogen and oxygen atoms in total. The number of carbonyl (C=O) groups is 1. The van der Waals surface area contributed by atoms with Crippen molar-refractivity contribution < 1.29 is 9.63 Å². The van der Waals surface area contributed by atoms with Crippen LogP contribution < -0.4 is 0 Å². The Kier molecular flexibility index (Phi) is 3.02. The van der Waals surface area contributed by atoms with Gasteiger partial charge in [-0.15, -0.1) is 0 Å². The van der Waals surface area contributed by atoms with Gasteiger partial charge in [0.1, 0.15) is 5.78 Å². The molecule has 0 saturated heterocycles. The molecule has 0 aliphatic heterocycles. The largest absolute Gasteiger partial charge is 0.302 e. The summed E-state index contributed by atoms with van der Waals surface area (Å²) in [6.45, 7) is 0. The zero-order valence-electron chi connectivity index (χ0n) is 7.17. The van der Waals surface area contributed by atoms with Gasteiger partial charge in [0.25, 0.3) is 0 Å². The summed E-state index contributed by atoms with van der Waals surface area (Å²) >= 11 is 0. The van der Waals surface area contributed by atoms with E-state index in [1.54, 1.807) is 7.11 Å². The predicted molar refractivity (Wildman–Crippen MR) is 42.0 cm³/mol. The van der Waals surface area contributed by atoms with Gasteiger partial charge in [0, 0.05) is 25.9 Å². The Morgan fingerprint density at radius 1 is 1.45 bits per heavy atom. The van der Waals surface area contributed by atoms with Crippen molar-refractivity contribution >= 4 is 5.78 Å². The first-order valence-electron chi connectivity index (χ1n) is 4.02. The number of hydrogen-bond acceptors (Lipinski definition) is 3. The fourth-order valence-electron chi connectivity index (χ4n) is 1.44. The second kappa shape index (κ2) is 3.83. The van der Waals surface area contributed by atoms with Gasteiger partial charge in [-0.1, -0.05) is 0 Å². The van der Waals surface area contributed by atoms with Crippen LogP contribution in [-0.2, 0) is 9.63 Å². The molecule has 0 aromatic heterocycles. The first kappa shape index (κ1) is 8.68. The maximum atomic E-state index is 10.9. The van der Waals surface area contributed by atoms with Crippen molar-refractivity contribution in [3.63, 3.8) is 0 Å². The van der Waals surface area contributed by atoms with E-state index >= 15 is 0 Å². The fraction of sp³-hybridized carbons (Fsp3) is 0.875. The average Bonchev–Trinajstić information content (AvgIpc) is 2.05. The molecule has 11 heavy (non-hydrogen) atoms. The quantitative estimate of drug-likeness (QED) is 0.560. The highest BCUT2D eigenvalue weighted by Crippen LogP contribution is 2.18. The van der Waals surface area contributed by atoms with Crippen LogP contribution in [0.1, 0.15) is 25.7 Å². The van der Waals surface area contributed by atoms with Gasteiger partial charge in [-0.3, -0.25) is 4.79 Å². The van der Waals surface area contributed by atoms with Crippen molar-refractivity contribution in [1.29, 1.82) is 0 Å². The van der Waals surface area contributed by atoms with E-state index in [9.17, 15) is 4.79 Å². The van der Waals surface area contributed by atoms with Gasteiger partial charge in [0.2, 0.25) is 0 Å². The molecular weight excluding hydrogens is 142 g/mol. The van der Waals surface area contributed by atoms with Gasteiger partial charge in [0.05, 0.1) is 7.11 Å². The summed E-state index contributed by atoms with van der Waals surface area (Å²) in [5.74, 6) is 0.394. The number of carbonyl (C=O) groups excluding carboxylic acids is 1. The van der Waals surface area contributed by atoms with Crippen LogP contribution in [0.25, 0.3) is 0 Å². The molecule has 1 rings (SSSR count). The van der Waals surface area contributed by atoms with Crippen molar-refractivity contribution in [2.75, 3.05) is 14.2 Å². The van der Waals surface area contributed by atoms with Gasteiger partial charge >= 0.3 is 0 Å². The average molecular weight is 157 g/mol. The Bertz CT molecular complexity index is 137. The van der Waals surface area contributed by atoms with E-state index < -0.39 is 0 Å². The van der Waals surface area contributed by atoms with Crippen LogP contribution in [-0.4, -0.2) is 31.0 Å². The van der Waals surface area contributed by atoms with Crippen LogP contribution in [0, 0.1) is 0 Å². The van der Waals surface area contributed by atoms with Crippen molar-refractivity contribution in [3.8, 4) is 0 Å². The minimum atomic E-state index is 0.394. The summed E-state index contributed by atoms with van der Waals surface area (Å²) in [6, 6.07) is 0.442. The number of rotatable bonds is 2. The highest BCUT2D eigenvalue weighted by Gasteiger charge is 2.21. The minimum absolute atomic E-state index is 0.394. The van der Waals surface area contributed by atoms with E-state index in [0.717, 1.165) is 25.7 Å². The zero-order chi connectivity index (χ0) is 8.27. The molecular formula is C8H15NO2. The standard InChI is InChI=1S/C8H15NO2/c1-9(11-2)7-3-5-8(10)6-4-7/h7H,3-6H2,1-2H3. The van der Waals surface area contributed by atoms with Crippen molar-refractivity contribution in [2.24, 2.45) is 0 Å². The maximum Gasteiger partial charge on any atom is 0.133 e. The van der Waals surface area contributed by atoms with E-state index in [2.05, 4.69) is 0 Å². The zero-order valence-corrected chi connectivity index (χ0v) is 7.17. The molecule has 0 amide bonds. The van der Waals surface area contributed by atoms with E-state index in [4.69, 9.17) is 4.84 Å². The summed E-state index contributed by atoms with van der Waals surface area (Å²) in [4.78, 5) is 15.9. The molecule has 0 heterocycles. The molecule has 1 aliphatic carbocycles. The lowest BCUT2D eigenvalue weighted by Gasteiger charge is -2.28. The molecule has 0 spiro atoms. The van der Waals surface area contributed by atoms with Crippen LogP contribution in [0.3, 0.4) is 0 Å². The molecule has 3 heteroatoms. The number of hydroxylamine groups is 2. The Morgan fingerprint density at radius 2 is 2.00 bits per heavy atom. The molecule has 64 valence electrons. The first-order chi connectivity index (χ1) is 5.24. The van der Waals surface area contributed by atoms with Crippen molar-refractivity contribution in [3.05, 3.63) is 0 Å². The second-order valence-corrected chi connectivity index (χ2v) is 3.00. The third-order valence-electron chi connectivity index (χ3n) is 2.32. The molecule has 0 aromatic rings. The summed E-state index contributed by atoms with van der Waals surface area (Å²) in [5, 5.41) is 1.84. The molecule has 1 fully saturated rings. The normalized spacial score (nSPS) is 21.2. The SMILES string of the molecule is CON(C)C1CCC(=O)CC1. The Balaban J connectivity index is 2.32. The third kappa shape index (κ3) is 2.27. The third-order valence-corrected chi connectivity index (χ3v) is 2.32. The number of Topliss-reactive ketones (excluding diaryl/α,β-unsaturated/α-hetero) is 1. The highest BCUT2D eigenvalue weighted by molar-refractivity contribution is 5.79. The Morgan fingerprint density at radius 3 is 2.45 bits per heavy atom. The smallest absolute Gasteiger partial charge is 0.133 e. The van der Waals surface area contributed by atoms with E-state index in [1.165, 1.54) is 0 Å². The van der Waals surface area contributed by atoms with E-state index in [1.807, 2.05) is 12.1 Å². The van der Waals surface area contributed by atoms with Gasteiger partial charge in [0.15, 0.2) is 0 Å². The summed E-state index contributed by atoms with van der Waals surface area (Å²) in [7, 11) is 3.58. The van der Waals surface area contributed by atoms with Crippen molar-refractivity contribution in [2.45, 2.75) is 31.7 Å². The lowest BCUT2D eigenvalue weighted by atomic mass is 9.94. The monoisotopic (exact) mass is 157 g/mol. The lowest BCUT2D eigenvalue weighted by Crippen LogP contribution is -2.34. The van der Waals surface area contributed by atoms with E-state index in [-0.39, 0.29) is 0 Å². The maximum absolute atomic E-state index is 10.9. The summed E-state index contributed by atoms with van der Waals surface area (Å²) < 4.78 is 0. The van der Waals surface area contributed by atoms with Crippen LogP contribution in [0.15, 0.2) is 0 Å². The number of ketones is 1. The Labute approximate surface area is 67.3 Å². The summed E-state index contributed by atoms with van der Waals surface area (Å²) in [5.41, 5.74) is 0. The number of hydrogen-bond donors (Lipinski definition) is 0. The van der Waals surface area contributed by atoms with Crippen LogP contribution in [0.4, 0.5) is 0 Å². The fourth-order valence-corrected chi connectivity index (χ4v) is 1.44. The predicted octanol–water partition coefficient (Wildman–Crippen LogP) is 0.991. The summed E-state index contributed by atoms with van der Waals surface area (Å²) in [6.07, 6.45) is 3.34. The van der Waals surface area contributed by atoms with Gasteiger partial charge < -0.3 is 4.84 Å². The topological polar surface area (TPSA) is 29.5 Å². The Hall–Kier alpha value is -0.410. The second-order valence-electron chi connectivity index (χ2n) is 3.00. The lowest BCUT2D eigenvalue weighted by molar-refractivity contribution is -0.151. The molecule has 0 aromatic carbocycles. The number of nitrogens with zero attached hydrogens (tertiary/aromatic N) is 1. The molecule has 0 atom stereocenters. The first-order valence-corrected chi connectivity index (χ1v) is 4.02. The molecule has 0 bridgehead atoms. The molecule has 0 N–H and O–H groups in total.